The Morgan fingerprint density at radius 1 is 1.09 bits per heavy atom. The lowest BCUT2D eigenvalue weighted by atomic mass is 10.1. The zero-order chi connectivity index (χ0) is 17.0. The van der Waals surface area contributed by atoms with E-state index in [9.17, 15) is 8.42 Å². The number of halogens is 2. The number of likely N-dealkylation sites (N-methyl/N-ethyl adjacent to an activating group) is 1. The van der Waals surface area contributed by atoms with Crippen molar-refractivity contribution in [2.75, 3.05) is 20.7 Å². The average Bonchev–Trinajstić information content (AvgIpc) is 2.55. The lowest BCUT2D eigenvalue weighted by molar-refractivity contribution is 0.406. The first-order valence-electron chi connectivity index (χ1n) is 6.89. The Balaban J connectivity index is 2.15. The summed E-state index contributed by atoms with van der Waals surface area (Å²) in [5.41, 5.74) is 0.950. The Kier molecular flexibility index (Phi) is 5.92. The van der Waals surface area contributed by atoms with E-state index in [1.165, 1.54) is 29.6 Å². The van der Waals surface area contributed by atoms with Crippen molar-refractivity contribution in [3.63, 3.8) is 0 Å². The molecule has 0 unspecified atom stereocenters. The molecule has 0 heterocycles. The molecule has 0 aliphatic rings. The Hall–Kier alpha value is -1.27. The molecule has 0 radical (unpaired) electrons. The van der Waals surface area contributed by atoms with Crippen molar-refractivity contribution in [1.29, 1.82) is 0 Å². The summed E-state index contributed by atoms with van der Waals surface area (Å²) in [5, 5.41) is 0.535. The highest BCUT2D eigenvalue weighted by atomic mass is 35.5. The molecular formula is C16H17Cl2NO3S. The van der Waals surface area contributed by atoms with Crippen LogP contribution < -0.4 is 4.74 Å². The van der Waals surface area contributed by atoms with E-state index in [2.05, 4.69) is 0 Å². The van der Waals surface area contributed by atoms with Gasteiger partial charge in [0.1, 0.15) is 5.75 Å². The van der Waals surface area contributed by atoms with Crippen LogP contribution >= 0.6 is 23.2 Å². The molecule has 2 rings (SSSR count). The normalized spacial score (nSPS) is 11.7. The number of sulfonamides is 1. The van der Waals surface area contributed by atoms with Gasteiger partial charge in [0, 0.05) is 13.6 Å². The minimum absolute atomic E-state index is 0.120. The minimum Gasteiger partial charge on any atom is -0.496 e. The second-order valence-corrected chi connectivity index (χ2v) is 7.82. The maximum absolute atomic E-state index is 12.6. The van der Waals surface area contributed by atoms with Crippen LogP contribution in [0, 0.1) is 0 Å². The fourth-order valence-corrected chi connectivity index (χ4v) is 3.69. The summed E-state index contributed by atoms with van der Waals surface area (Å²) < 4.78 is 31.7. The van der Waals surface area contributed by atoms with E-state index in [0.29, 0.717) is 18.0 Å². The van der Waals surface area contributed by atoms with Gasteiger partial charge in [-0.25, -0.2) is 12.7 Å². The van der Waals surface area contributed by atoms with Crippen LogP contribution in [0.15, 0.2) is 47.4 Å². The maximum atomic E-state index is 12.6. The first kappa shape index (κ1) is 18.1. The number of hydrogen-bond acceptors (Lipinski definition) is 3. The monoisotopic (exact) mass is 373 g/mol. The molecule has 0 saturated heterocycles. The number of nitrogens with zero attached hydrogens (tertiary/aromatic N) is 1. The van der Waals surface area contributed by atoms with Crippen molar-refractivity contribution in [2.45, 2.75) is 11.3 Å². The molecule has 23 heavy (non-hydrogen) atoms. The molecule has 2 aromatic carbocycles. The second-order valence-electron chi connectivity index (χ2n) is 4.96. The van der Waals surface area contributed by atoms with Crippen molar-refractivity contribution in [1.82, 2.24) is 4.31 Å². The molecule has 0 saturated carbocycles. The van der Waals surface area contributed by atoms with Crippen LogP contribution in [0.5, 0.6) is 5.75 Å². The highest BCUT2D eigenvalue weighted by Gasteiger charge is 2.21. The molecular weight excluding hydrogens is 357 g/mol. The number of methoxy groups -OCH3 is 1. The van der Waals surface area contributed by atoms with Crippen molar-refractivity contribution in [3.8, 4) is 5.75 Å². The number of rotatable bonds is 6. The third kappa shape index (κ3) is 4.18. The van der Waals surface area contributed by atoms with Crippen LogP contribution in [0.3, 0.4) is 0 Å². The Bertz CT molecular complexity index is 794. The molecule has 0 aliphatic carbocycles. The van der Waals surface area contributed by atoms with E-state index < -0.39 is 10.0 Å². The average molecular weight is 374 g/mol. The summed E-state index contributed by atoms with van der Waals surface area (Å²) in [6.07, 6.45) is 0.543. The number of para-hydroxylation sites is 1. The first-order valence-corrected chi connectivity index (χ1v) is 9.09. The predicted octanol–water partition coefficient (Wildman–Crippen LogP) is 3.87. The summed E-state index contributed by atoms with van der Waals surface area (Å²) in [6.45, 7) is 0.322. The van der Waals surface area contributed by atoms with Gasteiger partial charge in [0.25, 0.3) is 0 Å². The first-order chi connectivity index (χ1) is 10.9. The van der Waals surface area contributed by atoms with Gasteiger partial charge in [-0.2, -0.15) is 0 Å². The van der Waals surface area contributed by atoms with Gasteiger partial charge in [-0.15, -0.1) is 0 Å². The molecule has 0 N–H and O–H groups in total. The van der Waals surface area contributed by atoms with Crippen LogP contribution in [0.4, 0.5) is 0 Å². The fraction of sp³-hybridized carbons (Fsp3) is 0.250. The van der Waals surface area contributed by atoms with Crippen molar-refractivity contribution >= 4 is 33.2 Å². The lowest BCUT2D eigenvalue weighted by Gasteiger charge is -2.18. The SMILES string of the molecule is COc1ccccc1CCN(C)S(=O)(=O)c1ccc(Cl)c(Cl)c1. The smallest absolute Gasteiger partial charge is 0.242 e. The topological polar surface area (TPSA) is 46.6 Å². The van der Waals surface area contributed by atoms with Gasteiger partial charge < -0.3 is 4.74 Å². The molecule has 2 aromatic rings. The van der Waals surface area contributed by atoms with Gasteiger partial charge in [0.05, 0.1) is 22.1 Å². The molecule has 0 aromatic heterocycles. The zero-order valence-electron chi connectivity index (χ0n) is 12.8. The summed E-state index contributed by atoms with van der Waals surface area (Å²) in [6, 6.07) is 11.8. The van der Waals surface area contributed by atoms with E-state index in [1.807, 2.05) is 24.3 Å². The van der Waals surface area contributed by atoms with Gasteiger partial charge in [-0.1, -0.05) is 41.4 Å². The van der Waals surface area contributed by atoms with Crippen molar-refractivity contribution in [2.24, 2.45) is 0 Å². The molecule has 0 aliphatic heterocycles. The summed E-state index contributed by atoms with van der Waals surface area (Å²) in [5.74, 6) is 0.743. The quantitative estimate of drug-likeness (QED) is 0.771. The maximum Gasteiger partial charge on any atom is 0.242 e. The molecule has 4 nitrogen and oxygen atoms in total. The van der Waals surface area contributed by atoms with E-state index in [1.54, 1.807) is 7.11 Å². The molecule has 0 bridgehead atoms. The molecule has 0 fully saturated rings. The summed E-state index contributed by atoms with van der Waals surface area (Å²) >= 11 is 11.7. The number of ether oxygens (including phenoxy) is 1. The standard InChI is InChI=1S/C16H17Cl2NO3S/c1-19(10-9-12-5-3-4-6-16(12)22-2)23(20,21)13-7-8-14(17)15(18)11-13/h3-8,11H,9-10H2,1-2H3. The van der Waals surface area contributed by atoms with Gasteiger partial charge >= 0.3 is 0 Å². The highest BCUT2D eigenvalue weighted by Crippen LogP contribution is 2.26. The number of benzene rings is 2. The Labute approximate surface area is 146 Å². The van der Waals surface area contributed by atoms with E-state index in [-0.39, 0.29) is 9.92 Å². The Morgan fingerprint density at radius 2 is 1.78 bits per heavy atom. The second kappa shape index (κ2) is 7.53. The lowest BCUT2D eigenvalue weighted by Crippen LogP contribution is -2.29. The molecule has 124 valence electrons. The third-order valence-electron chi connectivity index (χ3n) is 3.49. The summed E-state index contributed by atoms with van der Waals surface area (Å²) in [4.78, 5) is 0.120. The van der Waals surface area contributed by atoms with Crippen molar-refractivity contribution < 1.29 is 13.2 Å². The van der Waals surface area contributed by atoms with Crippen LogP contribution in [0.2, 0.25) is 10.0 Å². The van der Waals surface area contributed by atoms with Crippen LogP contribution in [-0.4, -0.2) is 33.4 Å². The third-order valence-corrected chi connectivity index (χ3v) is 6.08. The highest BCUT2D eigenvalue weighted by molar-refractivity contribution is 7.89. The van der Waals surface area contributed by atoms with Gasteiger partial charge in [0.15, 0.2) is 0 Å². The zero-order valence-corrected chi connectivity index (χ0v) is 15.1. The fourth-order valence-electron chi connectivity index (χ4n) is 2.12. The minimum atomic E-state index is -3.62. The van der Waals surface area contributed by atoms with Gasteiger partial charge in [-0.3, -0.25) is 0 Å². The van der Waals surface area contributed by atoms with Gasteiger partial charge in [0.2, 0.25) is 10.0 Å². The number of hydrogen-bond donors (Lipinski definition) is 0. The van der Waals surface area contributed by atoms with Crippen LogP contribution in [0.1, 0.15) is 5.56 Å². The molecule has 0 atom stereocenters. The van der Waals surface area contributed by atoms with Gasteiger partial charge in [-0.05, 0) is 36.2 Å². The molecule has 0 amide bonds. The Morgan fingerprint density at radius 3 is 2.43 bits per heavy atom. The van der Waals surface area contributed by atoms with E-state index in [0.717, 1.165) is 11.3 Å². The van der Waals surface area contributed by atoms with Crippen LogP contribution in [-0.2, 0) is 16.4 Å². The molecule has 7 heteroatoms. The summed E-state index contributed by atoms with van der Waals surface area (Å²) in [7, 11) is -0.491. The predicted molar refractivity (Wildman–Crippen MR) is 93.0 cm³/mol. The largest absolute Gasteiger partial charge is 0.496 e. The molecule has 0 spiro atoms. The van der Waals surface area contributed by atoms with Crippen LogP contribution in [0.25, 0.3) is 0 Å². The van der Waals surface area contributed by atoms with E-state index >= 15 is 0 Å². The van der Waals surface area contributed by atoms with E-state index in [4.69, 9.17) is 27.9 Å². The van der Waals surface area contributed by atoms with Crippen molar-refractivity contribution in [3.05, 3.63) is 58.1 Å².